The smallest absolute Gasteiger partial charge is 0.307 e. The number of amides is 1. The zero-order chi connectivity index (χ0) is 22.9. The lowest BCUT2D eigenvalue weighted by molar-refractivity contribution is 0.0876. The van der Waals surface area contributed by atoms with E-state index in [2.05, 4.69) is 30.7 Å². The van der Waals surface area contributed by atoms with Crippen molar-refractivity contribution in [3.05, 3.63) is 70.5 Å². The molecule has 0 fully saturated rings. The highest BCUT2D eigenvalue weighted by Gasteiger charge is 2.26. The molecule has 9 nitrogen and oxygen atoms in total. The van der Waals surface area contributed by atoms with Crippen molar-refractivity contribution in [1.82, 2.24) is 30.0 Å². The van der Waals surface area contributed by atoms with Gasteiger partial charge in [-0.25, -0.2) is 15.0 Å². The van der Waals surface area contributed by atoms with E-state index in [1.807, 2.05) is 26.0 Å². The predicted molar refractivity (Wildman–Crippen MR) is 121 cm³/mol. The molecule has 164 valence electrons. The molecule has 0 bridgehead atoms. The van der Waals surface area contributed by atoms with Crippen LogP contribution in [0.1, 0.15) is 30.1 Å². The molecule has 11 heteroatoms. The van der Waals surface area contributed by atoms with Crippen LogP contribution in [0.5, 0.6) is 0 Å². The lowest BCUT2D eigenvalue weighted by atomic mass is 9.94. The number of oxazole rings is 1. The van der Waals surface area contributed by atoms with E-state index in [-0.39, 0.29) is 10.9 Å². The van der Waals surface area contributed by atoms with E-state index in [1.54, 1.807) is 36.1 Å². The Hall–Kier alpha value is -3.43. The molecule has 0 spiro atoms. The highest BCUT2D eigenvalue weighted by Crippen LogP contribution is 2.27. The second kappa shape index (κ2) is 8.60. The van der Waals surface area contributed by atoms with Crippen LogP contribution in [0.15, 0.2) is 53.4 Å². The molecule has 0 saturated carbocycles. The van der Waals surface area contributed by atoms with E-state index in [0.717, 1.165) is 5.56 Å². The van der Waals surface area contributed by atoms with Gasteiger partial charge in [-0.2, -0.15) is 5.10 Å². The second-order valence-electron chi connectivity index (χ2n) is 7.48. The van der Waals surface area contributed by atoms with Crippen LogP contribution >= 0.6 is 23.2 Å². The Bertz CT molecular complexity index is 1280. The third kappa shape index (κ3) is 4.58. The first-order chi connectivity index (χ1) is 15.2. The third-order valence-corrected chi connectivity index (χ3v) is 5.23. The van der Waals surface area contributed by atoms with Crippen molar-refractivity contribution >= 4 is 40.9 Å². The molecule has 0 aliphatic rings. The number of nitrogens with one attached hydrogen (secondary N) is 2. The zero-order valence-electron chi connectivity index (χ0n) is 17.4. The highest BCUT2D eigenvalue weighted by atomic mass is 35.5. The van der Waals surface area contributed by atoms with Crippen LogP contribution in [0.2, 0.25) is 10.0 Å². The quantitative estimate of drug-likeness (QED) is 0.423. The number of benzene rings is 1. The lowest BCUT2D eigenvalue weighted by Gasteiger charge is -2.26. The van der Waals surface area contributed by atoms with Crippen LogP contribution < -0.4 is 10.6 Å². The average Bonchev–Trinajstić information content (AvgIpc) is 3.39. The van der Waals surface area contributed by atoms with E-state index in [9.17, 15) is 4.79 Å². The molecule has 3 aromatic heterocycles. The fourth-order valence-corrected chi connectivity index (χ4v) is 3.37. The number of anilines is 2. The van der Waals surface area contributed by atoms with Gasteiger partial charge in [0.1, 0.15) is 23.5 Å². The Morgan fingerprint density at radius 2 is 2.00 bits per heavy atom. The third-order valence-electron chi connectivity index (χ3n) is 4.72. The van der Waals surface area contributed by atoms with Crippen LogP contribution in [-0.4, -0.2) is 30.6 Å². The molecule has 4 aromatic rings. The van der Waals surface area contributed by atoms with Crippen LogP contribution in [0, 0.1) is 0 Å². The highest BCUT2D eigenvalue weighted by molar-refractivity contribution is 6.32. The summed E-state index contributed by atoms with van der Waals surface area (Å²) in [4.78, 5) is 25.6. The summed E-state index contributed by atoms with van der Waals surface area (Å²) < 4.78 is 7.04. The van der Waals surface area contributed by atoms with Crippen LogP contribution in [0.3, 0.4) is 0 Å². The maximum absolute atomic E-state index is 12.8. The predicted octanol–water partition coefficient (Wildman–Crippen LogP) is 4.58. The van der Waals surface area contributed by atoms with E-state index >= 15 is 0 Å². The van der Waals surface area contributed by atoms with Gasteiger partial charge < -0.3 is 15.1 Å². The van der Waals surface area contributed by atoms with Gasteiger partial charge in [0, 0.05) is 18.1 Å². The summed E-state index contributed by atoms with van der Waals surface area (Å²) in [7, 11) is 1.78. The summed E-state index contributed by atoms with van der Waals surface area (Å²) >= 11 is 12.3. The van der Waals surface area contributed by atoms with Crippen molar-refractivity contribution in [2.75, 3.05) is 5.32 Å². The Labute approximate surface area is 193 Å². The number of hydrogen-bond donors (Lipinski definition) is 2. The molecular formula is C21H19Cl2N7O2. The maximum Gasteiger partial charge on any atom is 0.307 e. The molecule has 0 radical (unpaired) electrons. The lowest BCUT2D eigenvalue weighted by Crippen LogP contribution is -2.41. The van der Waals surface area contributed by atoms with Gasteiger partial charge >= 0.3 is 5.91 Å². The maximum atomic E-state index is 12.8. The molecule has 3 heterocycles. The SMILES string of the molecule is Cn1nccc1Nc1ncc(Cl)c(-c2coc(C(=O)NC(C)(C)c3cccc(Cl)c3)n2)n1. The van der Waals surface area contributed by atoms with Crippen molar-refractivity contribution < 1.29 is 9.21 Å². The summed E-state index contributed by atoms with van der Waals surface area (Å²) in [5.41, 5.74) is 0.762. The molecule has 32 heavy (non-hydrogen) atoms. The molecule has 0 unspecified atom stereocenters. The van der Waals surface area contributed by atoms with Crippen LogP contribution in [-0.2, 0) is 12.6 Å². The van der Waals surface area contributed by atoms with Gasteiger partial charge in [-0.05, 0) is 31.5 Å². The summed E-state index contributed by atoms with van der Waals surface area (Å²) in [6.07, 6.45) is 4.41. The minimum Gasteiger partial charge on any atom is -0.440 e. The second-order valence-corrected chi connectivity index (χ2v) is 8.33. The van der Waals surface area contributed by atoms with E-state index in [0.29, 0.717) is 28.2 Å². The topological polar surface area (TPSA) is 111 Å². The first-order valence-corrected chi connectivity index (χ1v) is 10.3. The fourth-order valence-electron chi connectivity index (χ4n) is 2.99. The summed E-state index contributed by atoms with van der Waals surface area (Å²) in [6, 6.07) is 9.04. The summed E-state index contributed by atoms with van der Waals surface area (Å²) in [6.45, 7) is 3.72. The molecule has 1 aromatic carbocycles. The van der Waals surface area contributed by atoms with E-state index < -0.39 is 11.4 Å². The number of nitrogens with zero attached hydrogens (tertiary/aromatic N) is 5. The van der Waals surface area contributed by atoms with Gasteiger partial charge in [0.25, 0.3) is 5.89 Å². The number of aryl methyl sites for hydroxylation is 1. The first-order valence-electron chi connectivity index (χ1n) is 9.55. The summed E-state index contributed by atoms with van der Waals surface area (Å²) in [5, 5.41) is 10.9. The molecule has 1 amide bonds. The van der Waals surface area contributed by atoms with Gasteiger partial charge in [-0.1, -0.05) is 35.3 Å². The standard InChI is InChI=1S/C21H19Cl2N7O2/c1-21(2,12-5-4-6-13(22)9-12)29-18(31)19-26-15(11-32-19)17-14(23)10-24-20(28-17)27-16-7-8-25-30(16)3/h4-11H,1-3H3,(H,29,31)(H,24,27,28). The Morgan fingerprint density at radius 1 is 1.19 bits per heavy atom. The van der Waals surface area contributed by atoms with Crippen molar-refractivity contribution in [3.63, 3.8) is 0 Å². The van der Waals surface area contributed by atoms with Crippen molar-refractivity contribution in [2.24, 2.45) is 7.05 Å². The van der Waals surface area contributed by atoms with Gasteiger partial charge in [-0.3, -0.25) is 9.48 Å². The average molecular weight is 472 g/mol. The number of hydrogen-bond acceptors (Lipinski definition) is 7. The largest absolute Gasteiger partial charge is 0.440 e. The van der Waals surface area contributed by atoms with E-state index in [1.165, 1.54) is 12.5 Å². The zero-order valence-corrected chi connectivity index (χ0v) is 18.9. The Morgan fingerprint density at radius 3 is 2.72 bits per heavy atom. The Balaban J connectivity index is 1.55. The van der Waals surface area contributed by atoms with Crippen LogP contribution in [0.25, 0.3) is 11.4 Å². The van der Waals surface area contributed by atoms with Crippen molar-refractivity contribution in [3.8, 4) is 11.4 Å². The van der Waals surface area contributed by atoms with E-state index in [4.69, 9.17) is 27.6 Å². The van der Waals surface area contributed by atoms with Gasteiger partial charge in [0.05, 0.1) is 23.0 Å². The number of aromatic nitrogens is 5. The van der Waals surface area contributed by atoms with Gasteiger partial charge in [0.15, 0.2) is 0 Å². The number of halogens is 2. The monoisotopic (exact) mass is 471 g/mol. The minimum atomic E-state index is -0.705. The summed E-state index contributed by atoms with van der Waals surface area (Å²) in [5.74, 6) is 0.386. The van der Waals surface area contributed by atoms with Crippen LogP contribution in [0.4, 0.5) is 11.8 Å². The van der Waals surface area contributed by atoms with Crippen molar-refractivity contribution in [1.29, 1.82) is 0 Å². The Kier molecular flexibility index (Phi) is 5.86. The van der Waals surface area contributed by atoms with Crippen molar-refractivity contribution in [2.45, 2.75) is 19.4 Å². The fraction of sp³-hybridized carbons (Fsp3) is 0.190. The molecule has 0 atom stereocenters. The van der Waals surface area contributed by atoms with Gasteiger partial charge in [0.2, 0.25) is 5.95 Å². The number of carbonyl (C=O) groups excluding carboxylic acids is 1. The molecule has 0 saturated heterocycles. The normalized spacial score (nSPS) is 11.4. The van der Waals surface area contributed by atoms with Gasteiger partial charge in [-0.15, -0.1) is 0 Å². The molecular weight excluding hydrogens is 453 g/mol. The number of carbonyl (C=O) groups is 1. The molecule has 0 aliphatic heterocycles. The molecule has 0 aliphatic carbocycles. The molecule has 4 rings (SSSR count). The minimum absolute atomic E-state index is 0.120. The number of rotatable bonds is 6. The molecule has 2 N–H and O–H groups in total. The first kappa shape index (κ1) is 21.8.